The summed E-state index contributed by atoms with van der Waals surface area (Å²) < 4.78 is 58.9. The molecule has 1 aromatic carbocycles. The van der Waals surface area contributed by atoms with E-state index in [0.29, 0.717) is 24.7 Å². The van der Waals surface area contributed by atoms with E-state index in [1.54, 1.807) is 6.20 Å². The molecule has 134 valence electrons. The number of rotatable bonds is 4. The summed E-state index contributed by atoms with van der Waals surface area (Å²) in [4.78, 5) is 3.65. The Kier molecular flexibility index (Phi) is 5.01. The number of pyridine rings is 1. The Labute approximate surface area is 145 Å². The van der Waals surface area contributed by atoms with Crippen LogP contribution in [0.4, 0.5) is 8.78 Å². The van der Waals surface area contributed by atoms with Crippen molar-refractivity contribution in [3.63, 3.8) is 0 Å². The number of ether oxygens (including phenoxy) is 1. The van der Waals surface area contributed by atoms with Gasteiger partial charge in [-0.15, -0.1) is 0 Å². The van der Waals surface area contributed by atoms with Crippen LogP contribution in [0.2, 0.25) is 0 Å². The molecule has 0 bridgehead atoms. The molecule has 5 nitrogen and oxygen atoms in total. The molecule has 0 saturated carbocycles. The number of benzene rings is 1. The average Bonchev–Trinajstić information content (AvgIpc) is 2.57. The minimum Gasteiger partial charge on any atom is -0.489 e. The Morgan fingerprint density at radius 2 is 1.88 bits per heavy atom. The summed E-state index contributed by atoms with van der Waals surface area (Å²) in [7, 11) is -3.99. The Morgan fingerprint density at radius 1 is 1.16 bits per heavy atom. The number of piperidine rings is 1. The van der Waals surface area contributed by atoms with E-state index in [9.17, 15) is 17.2 Å². The second-order valence-electron chi connectivity index (χ2n) is 5.93. The Balaban J connectivity index is 1.66. The molecule has 1 saturated heterocycles. The molecule has 1 aliphatic rings. The smallest absolute Gasteiger partial charge is 0.245 e. The summed E-state index contributed by atoms with van der Waals surface area (Å²) in [6, 6.07) is 6.13. The molecule has 1 aliphatic heterocycles. The van der Waals surface area contributed by atoms with Gasteiger partial charge in [0.05, 0.1) is 6.20 Å². The van der Waals surface area contributed by atoms with Crippen molar-refractivity contribution < 1.29 is 21.9 Å². The lowest BCUT2D eigenvalue weighted by atomic mass is 10.1. The molecule has 0 atom stereocenters. The Hall–Kier alpha value is -2.06. The third kappa shape index (κ3) is 3.96. The van der Waals surface area contributed by atoms with Crippen molar-refractivity contribution in [2.24, 2.45) is 0 Å². The highest BCUT2D eigenvalue weighted by Gasteiger charge is 2.32. The fourth-order valence-electron chi connectivity index (χ4n) is 2.73. The van der Waals surface area contributed by atoms with Crippen molar-refractivity contribution in [1.82, 2.24) is 9.29 Å². The lowest BCUT2D eigenvalue weighted by Crippen LogP contribution is -2.42. The first kappa shape index (κ1) is 17.8. The van der Waals surface area contributed by atoms with Crippen LogP contribution in [0.1, 0.15) is 18.5 Å². The molecule has 0 amide bonds. The summed E-state index contributed by atoms with van der Waals surface area (Å²) in [5.74, 6) is -1.25. The molecule has 0 aliphatic carbocycles. The standard InChI is InChI=1S/C17H18F2N2O3S/c1-12-2-4-15(11-20-12)24-14-6-8-21(9-7-14)25(22,23)17-5-3-13(18)10-16(17)19/h2-5,10-11,14H,6-9H2,1H3. The molecule has 1 fully saturated rings. The molecule has 2 aromatic rings. The van der Waals surface area contributed by atoms with Crippen molar-refractivity contribution in [1.29, 1.82) is 0 Å². The second-order valence-corrected chi connectivity index (χ2v) is 7.84. The highest BCUT2D eigenvalue weighted by molar-refractivity contribution is 7.89. The normalized spacial score (nSPS) is 16.8. The van der Waals surface area contributed by atoms with Crippen LogP contribution in [0.3, 0.4) is 0 Å². The molecule has 0 N–H and O–H groups in total. The fourth-order valence-corrected chi connectivity index (χ4v) is 4.25. The number of sulfonamides is 1. The third-order valence-electron chi connectivity index (χ3n) is 4.10. The first-order chi connectivity index (χ1) is 11.9. The van der Waals surface area contributed by atoms with Crippen LogP contribution in [0.15, 0.2) is 41.4 Å². The van der Waals surface area contributed by atoms with Crippen LogP contribution in [0.25, 0.3) is 0 Å². The van der Waals surface area contributed by atoms with Gasteiger partial charge in [-0.25, -0.2) is 17.2 Å². The van der Waals surface area contributed by atoms with Gasteiger partial charge in [0.1, 0.15) is 28.4 Å². The number of aryl methyl sites for hydroxylation is 1. The maximum Gasteiger partial charge on any atom is 0.245 e. The van der Waals surface area contributed by atoms with Gasteiger partial charge in [-0.1, -0.05) is 0 Å². The highest BCUT2D eigenvalue weighted by atomic mass is 32.2. The van der Waals surface area contributed by atoms with E-state index in [0.717, 1.165) is 17.8 Å². The number of halogens is 2. The van der Waals surface area contributed by atoms with E-state index in [1.807, 2.05) is 19.1 Å². The van der Waals surface area contributed by atoms with E-state index < -0.39 is 26.6 Å². The lowest BCUT2D eigenvalue weighted by molar-refractivity contribution is 0.134. The quantitative estimate of drug-likeness (QED) is 0.833. The van der Waals surface area contributed by atoms with Crippen LogP contribution in [-0.4, -0.2) is 36.9 Å². The van der Waals surface area contributed by atoms with E-state index >= 15 is 0 Å². The summed E-state index contributed by atoms with van der Waals surface area (Å²) in [5.41, 5.74) is 0.884. The Bertz CT molecular complexity index is 849. The van der Waals surface area contributed by atoms with Crippen molar-refractivity contribution >= 4 is 10.0 Å². The second kappa shape index (κ2) is 7.05. The van der Waals surface area contributed by atoms with Gasteiger partial charge in [0.15, 0.2) is 0 Å². The lowest BCUT2D eigenvalue weighted by Gasteiger charge is -2.31. The van der Waals surface area contributed by atoms with Gasteiger partial charge in [0.2, 0.25) is 10.0 Å². The van der Waals surface area contributed by atoms with Crippen molar-refractivity contribution in [3.8, 4) is 5.75 Å². The predicted octanol–water partition coefficient (Wildman–Crippen LogP) is 2.90. The van der Waals surface area contributed by atoms with Crippen molar-refractivity contribution in [3.05, 3.63) is 53.9 Å². The van der Waals surface area contributed by atoms with Gasteiger partial charge < -0.3 is 4.74 Å². The van der Waals surface area contributed by atoms with Gasteiger partial charge >= 0.3 is 0 Å². The molecule has 0 spiro atoms. The highest BCUT2D eigenvalue weighted by Crippen LogP contribution is 2.25. The van der Waals surface area contributed by atoms with Gasteiger partial charge in [-0.05, 0) is 44.0 Å². The van der Waals surface area contributed by atoms with Gasteiger partial charge in [-0.3, -0.25) is 4.98 Å². The minimum absolute atomic E-state index is 0.131. The fraction of sp³-hybridized carbons (Fsp3) is 0.353. The third-order valence-corrected chi connectivity index (χ3v) is 6.03. The van der Waals surface area contributed by atoms with E-state index in [1.165, 1.54) is 4.31 Å². The van der Waals surface area contributed by atoms with Gasteiger partial charge in [0, 0.05) is 24.8 Å². The van der Waals surface area contributed by atoms with E-state index in [2.05, 4.69) is 4.98 Å². The zero-order valence-electron chi connectivity index (χ0n) is 13.7. The predicted molar refractivity (Wildman–Crippen MR) is 87.7 cm³/mol. The van der Waals surface area contributed by atoms with Crippen LogP contribution in [0.5, 0.6) is 5.75 Å². The molecule has 25 heavy (non-hydrogen) atoms. The Morgan fingerprint density at radius 3 is 2.48 bits per heavy atom. The van der Waals surface area contributed by atoms with Crippen LogP contribution in [-0.2, 0) is 10.0 Å². The van der Waals surface area contributed by atoms with Crippen molar-refractivity contribution in [2.75, 3.05) is 13.1 Å². The van der Waals surface area contributed by atoms with Crippen LogP contribution >= 0.6 is 0 Å². The number of hydrogen-bond acceptors (Lipinski definition) is 4. The first-order valence-corrected chi connectivity index (χ1v) is 9.35. The molecule has 1 aromatic heterocycles. The monoisotopic (exact) mass is 368 g/mol. The van der Waals surface area contributed by atoms with E-state index in [-0.39, 0.29) is 19.2 Å². The first-order valence-electron chi connectivity index (χ1n) is 7.91. The largest absolute Gasteiger partial charge is 0.489 e. The minimum atomic E-state index is -3.99. The SMILES string of the molecule is Cc1ccc(OC2CCN(S(=O)(=O)c3ccc(F)cc3F)CC2)cn1. The molecule has 2 heterocycles. The maximum atomic E-state index is 13.8. The zero-order valence-corrected chi connectivity index (χ0v) is 14.5. The van der Waals surface area contributed by atoms with Crippen LogP contribution < -0.4 is 4.74 Å². The summed E-state index contributed by atoms with van der Waals surface area (Å²) >= 11 is 0. The molecular formula is C17H18F2N2O3S. The zero-order chi connectivity index (χ0) is 18.0. The van der Waals surface area contributed by atoms with Gasteiger partial charge in [-0.2, -0.15) is 4.31 Å². The van der Waals surface area contributed by atoms with Crippen LogP contribution in [0, 0.1) is 18.6 Å². The summed E-state index contributed by atoms with van der Waals surface area (Å²) in [5, 5.41) is 0. The molecule has 3 rings (SSSR count). The van der Waals surface area contributed by atoms with Crippen molar-refractivity contribution in [2.45, 2.75) is 30.8 Å². The molecule has 0 radical (unpaired) electrons. The van der Waals surface area contributed by atoms with Gasteiger partial charge in [0.25, 0.3) is 0 Å². The summed E-state index contributed by atoms with van der Waals surface area (Å²) in [6.07, 6.45) is 2.46. The molecule has 0 unspecified atom stereocenters. The number of aromatic nitrogens is 1. The summed E-state index contributed by atoms with van der Waals surface area (Å²) in [6.45, 7) is 2.30. The molecular weight excluding hydrogens is 350 g/mol. The molecule has 8 heteroatoms. The maximum absolute atomic E-state index is 13.8. The van der Waals surface area contributed by atoms with E-state index in [4.69, 9.17) is 4.74 Å². The average molecular weight is 368 g/mol. The number of nitrogens with zero attached hydrogens (tertiary/aromatic N) is 2. The number of hydrogen-bond donors (Lipinski definition) is 0. The topological polar surface area (TPSA) is 59.5 Å².